The molecule has 1 saturated heterocycles. The molecule has 2 aromatic rings. The SMILES string of the molecule is CC1=NC(C)=C(C(=O)O)C(c2cccc(NC(=O)NCCCN3CCN(c4ccccc4C)CC3)c2)C1C(=O)O. The number of urea groups is 1. The van der Waals surface area contributed by atoms with Crippen LogP contribution in [0.15, 0.2) is 64.8 Å². The van der Waals surface area contributed by atoms with E-state index >= 15 is 0 Å². The molecule has 2 aliphatic heterocycles. The Hall–Kier alpha value is -4.18. The first-order valence-electron chi connectivity index (χ1n) is 13.6. The van der Waals surface area contributed by atoms with E-state index in [4.69, 9.17) is 0 Å². The summed E-state index contributed by atoms with van der Waals surface area (Å²) in [6.07, 6.45) is 0.810. The van der Waals surface area contributed by atoms with Gasteiger partial charge in [-0.05, 0) is 63.1 Å². The van der Waals surface area contributed by atoms with E-state index < -0.39 is 23.8 Å². The van der Waals surface area contributed by atoms with Crippen molar-refractivity contribution in [2.45, 2.75) is 33.1 Å². The van der Waals surface area contributed by atoms with Gasteiger partial charge in [-0.3, -0.25) is 14.7 Å². The van der Waals surface area contributed by atoms with Gasteiger partial charge < -0.3 is 25.7 Å². The maximum atomic E-state index is 12.6. The van der Waals surface area contributed by atoms with Gasteiger partial charge in [0.1, 0.15) is 5.92 Å². The largest absolute Gasteiger partial charge is 0.481 e. The molecule has 4 rings (SSSR count). The van der Waals surface area contributed by atoms with Crippen LogP contribution in [0.4, 0.5) is 16.2 Å². The number of hydrogen-bond acceptors (Lipinski definition) is 6. The predicted molar refractivity (Wildman–Crippen MR) is 155 cm³/mol. The van der Waals surface area contributed by atoms with Crippen molar-refractivity contribution in [1.82, 2.24) is 10.2 Å². The van der Waals surface area contributed by atoms with E-state index in [1.807, 2.05) is 0 Å². The van der Waals surface area contributed by atoms with E-state index in [1.165, 1.54) is 11.3 Å². The zero-order chi connectivity index (χ0) is 28.8. The minimum Gasteiger partial charge on any atom is -0.481 e. The first-order valence-corrected chi connectivity index (χ1v) is 13.6. The number of carboxylic acids is 2. The third-order valence-corrected chi connectivity index (χ3v) is 7.59. The summed E-state index contributed by atoms with van der Waals surface area (Å²) in [4.78, 5) is 45.7. The third-order valence-electron chi connectivity index (χ3n) is 7.59. The molecular weight excluding hydrogens is 510 g/mol. The molecule has 0 saturated carbocycles. The Balaban J connectivity index is 1.29. The van der Waals surface area contributed by atoms with Crippen molar-refractivity contribution >= 4 is 35.1 Å². The Morgan fingerprint density at radius 3 is 2.38 bits per heavy atom. The number of carboxylic acid groups (broad SMARTS) is 2. The molecule has 10 heteroatoms. The van der Waals surface area contributed by atoms with Gasteiger partial charge in [0.15, 0.2) is 0 Å². The van der Waals surface area contributed by atoms with E-state index in [1.54, 1.807) is 38.1 Å². The molecule has 0 aromatic heterocycles. The highest BCUT2D eigenvalue weighted by Gasteiger charge is 2.41. The summed E-state index contributed by atoms with van der Waals surface area (Å²) in [6, 6.07) is 14.7. The maximum absolute atomic E-state index is 12.6. The Labute approximate surface area is 234 Å². The van der Waals surface area contributed by atoms with Crippen molar-refractivity contribution in [2.75, 3.05) is 49.5 Å². The van der Waals surface area contributed by atoms with Crippen LogP contribution >= 0.6 is 0 Å². The zero-order valence-electron chi connectivity index (χ0n) is 23.2. The van der Waals surface area contributed by atoms with Gasteiger partial charge in [0.05, 0.1) is 5.57 Å². The fourth-order valence-corrected chi connectivity index (χ4v) is 5.62. The first kappa shape index (κ1) is 28.8. The van der Waals surface area contributed by atoms with Gasteiger partial charge in [-0.25, -0.2) is 9.59 Å². The highest BCUT2D eigenvalue weighted by Crippen LogP contribution is 2.39. The van der Waals surface area contributed by atoms with Gasteiger partial charge in [-0.1, -0.05) is 30.3 Å². The second-order valence-corrected chi connectivity index (χ2v) is 10.3. The summed E-state index contributed by atoms with van der Waals surface area (Å²) < 4.78 is 0. The summed E-state index contributed by atoms with van der Waals surface area (Å²) in [5.74, 6) is -4.40. The van der Waals surface area contributed by atoms with Gasteiger partial charge >= 0.3 is 18.0 Å². The lowest BCUT2D eigenvalue weighted by Crippen LogP contribution is -2.47. The number of aliphatic imine (C=N–C) groups is 1. The first-order chi connectivity index (χ1) is 19.2. The number of nitrogens with zero attached hydrogens (tertiary/aromatic N) is 3. The van der Waals surface area contributed by atoms with Crippen molar-refractivity contribution in [2.24, 2.45) is 10.9 Å². The normalized spacial score (nSPS) is 19.7. The molecule has 2 aliphatic rings. The van der Waals surface area contributed by atoms with Crippen LogP contribution in [-0.2, 0) is 9.59 Å². The number of aliphatic carboxylic acids is 2. The average Bonchev–Trinajstić information content (AvgIpc) is 2.91. The number of carbonyl (C=O) groups is 3. The van der Waals surface area contributed by atoms with E-state index in [0.717, 1.165) is 39.1 Å². The molecule has 0 spiro atoms. The molecule has 212 valence electrons. The van der Waals surface area contributed by atoms with Crippen molar-refractivity contribution in [3.63, 3.8) is 0 Å². The Morgan fingerprint density at radius 1 is 0.975 bits per heavy atom. The topological polar surface area (TPSA) is 135 Å². The van der Waals surface area contributed by atoms with Crippen LogP contribution in [0.25, 0.3) is 0 Å². The second kappa shape index (κ2) is 12.8. The standard InChI is InChI=1S/C30H37N5O5/c1-19-8-4-5-11-24(19)35-16-14-34(15-17-35)13-7-12-31-30(40)33-23-10-6-9-22(18-23)27-25(28(36)37)20(2)32-21(3)26(27)29(38)39/h4-6,8-11,18,25,27H,7,12-17H2,1-3H3,(H,36,37)(H,38,39)(H2,31,33,40). The van der Waals surface area contributed by atoms with Crippen LogP contribution < -0.4 is 15.5 Å². The number of allylic oxidation sites excluding steroid dienone is 1. The fourth-order valence-electron chi connectivity index (χ4n) is 5.62. The number of carbonyl (C=O) groups excluding carboxylic acids is 1. The van der Waals surface area contributed by atoms with Crippen LogP contribution in [0, 0.1) is 12.8 Å². The van der Waals surface area contributed by atoms with Crippen molar-refractivity contribution in [3.8, 4) is 0 Å². The summed E-state index contributed by atoms with van der Waals surface area (Å²) in [5, 5.41) is 25.3. The molecule has 2 unspecified atom stereocenters. The minimum absolute atomic E-state index is 0.0562. The van der Waals surface area contributed by atoms with E-state index in [0.29, 0.717) is 23.5 Å². The molecule has 0 bridgehead atoms. The van der Waals surface area contributed by atoms with Gasteiger partial charge in [-0.2, -0.15) is 0 Å². The molecule has 2 heterocycles. The van der Waals surface area contributed by atoms with E-state index in [2.05, 4.69) is 56.6 Å². The third kappa shape index (κ3) is 6.69. The van der Waals surface area contributed by atoms with Crippen LogP contribution in [0.5, 0.6) is 0 Å². The lowest BCUT2D eigenvalue weighted by molar-refractivity contribution is -0.140. The predicted octanol–water partition coefficient (Wildman–Crippen LogP) is 3.95. The number of piperazine rings is 1. The van der Waals surface area contributed by atoms with E-state index in [9.17, 15) is 24.6 Å². The minimum atomic E-state index is -1.21. The van der Waals surface area contributed by atoms with Gasteiger partial charge in [0, 0.05) is 61.4 Å². The summed E-state index contributed by atoms with van der Waals surface area (Å²) >= 11 is 0. The molecule has 10 nitrogen and oxygen atoms in total. The Kier molecular flexibility index (Phi) is 9.21. The number of nitrogens with one attached hydrogen (secondary N) is 2. The van der Waals surface area contributed by atoms with Gasteiger partial charge in [0.2, 0.25) is 0 Å². The van der Waals surface area contributed by atoms with Crippen molar-refractivity contribution in [1.29, 1.82) is 0 Å². The van der Waals surface area contributed by atoms with Crippen molar-refractivity contribution in [3.05, 3.63) is 70.9 Å². The average molecular weight is 548 g/mol. The highest BCUT2D eigenvalue weighted by atomic mass is 16.4. The summed E-state index contributed by atoms with van der Waals surface area (Å²) in [7, 11) is 0. The highest BCUT2D eigenvalue weighted by molar-refractivity contribution is 6.06. The molecule has 0 radical (unpaired) electrons. The number of benzene rings is 2. The quantitative estimate of drug-likeness (QED) is 0.349. The number of aryl methyl sites for hydroxylation is 1. The van der Waals surface area contributed by atoms with Crippen LogP contribution in [0.3, 0.4) is 0 Å². The molecular formula is C30H37N5O5. The smallest absolute Gasteiger partial charge is 0.334 e. The number of amides is 2. The van der Waals surface area contributed by atoms with Crippen molar-refractivity contribution < 1.29 is 24.6 Å². The number of para-hydroxylation sites is 1. The summed E-state index contributed by atoms with van der Waals surface area (Å²) in [6.45, 7) is 10.6. The van der Waals surface area contributed by atoms with Gasteiger partial charge in [-0.15, -0.1) is 0 Å². The number of rotatable bonds is 9. The monoisotopic (exact) mass is 547 g/mol. The zero-order valence-corrected chi connectivity index (χ0v) is 23.2. The van der Waals surface area contributed by atoms with E-state index in [-0.39, 0.29) is 17.3 Å². The lowest BCUT2D eigenvalue weighted by Gasteiger charge is -2.36. The molecule has 0 aliphatic carbocycles. The Bertz CT molecular complexity index is 1330. The van der Waals surface area contributed by atoms with Crippen LogP contribution in [0.1, 0.15) is 37.3 Å². The molecule has 2 atom stereocenters. The molecule has 2 aromatic carbocycles. The van der Waals surface area contributed by atoms with Gasteiger partial charge in [0.25, 0.3) is 0 Å². The molecule has 2 amide bonds. The molecule has 40 heavy (non-hydrogen) atoms. The summed E-state index contributed by atoms with van der Waals surface area (Å²) in [5.41, 5.74) is 4.08. The number of hydrogen-bond donors (Lipinski definition) is 4. The van der Waals surface area contributed by atoms with Crippen LogP contribution in [0.2, 0.25) is 0 Å². The lowest BCUT2D eigenvalue weighted by atomic mass is 9.75. The second-order valence-electron chi connectivity index (χ2n) is 10.3. The molecule has 4 N–H and O–H groups in total. The molecule has 1 fully saturated rings. The Morgan fingerprint density at radius 2 is 1.70 bits per heavy atom. The fraction of sp³-hybridized carbons (Fsp3) is 0.400. The van der Waals surface area contributed by atoms with Crippen LogP contribution in [-0.4, -0.2) is 78.1 Å². The maximum Gasteiger partial charge on any atom is 0.334 e. The number of anilines is 2.